The Kier molecular flexibility index (Phi) is 5.23. The lowest BCUT2D eigenvalue weighted by Crippen LogP contribution is -2.53. The van der Waals surface area contributed by atoms with Crippen molar-refractivity contribution in [1.29, 1.82) is 0 Å². The quantitative estimate of drug-likeness (QED) is 0.803. The van der Waals surface area contributed by atoms with Gasteiger partial charge in [-0.1, -0.05) is 11.6 Å². The maximum atomic E-state index is 13.1. The van der Waals surface area contributed by atoms with E-state index in [0.717, 1.165) is 57.2 Å². The SMILES string of the molecule is CC(C)N1CCN(C(=O)[C@H]2CCCN(c3nnc4ccc(Cl)cn34)C2)CC1. The van der Waals surface area contributed by atoms with Crippen molar-refractivity contribution in [3.63, 3.8) is 0 Å². The standard InChI is InChI=1S/C19H27ClN6O/c1-14(2)23-8-10-24(11-9-23)18(27)15-4-3-7-25(12-15)19-22-21-17-6-5-16(20)13-26(17)19/h5-6,13-15H,3-4,7-12H2,1-2H3/t15-/m0/s1. The van der Waals surface area contributed by atoms with E-state index in [2.05, 4.69) is 33.8 Å². The fourth-order valence-corrected chi connectivity index (χ4v) is 4.31. The first-order valence-electron chi connectivity index (χ1n) is 9.81. The van der Waals surface area contributed by atoms with Gasteiger partial charge in [0, 0.05) is 51.5 Å². The fourth-order valence-electron chi connectivity index (χ4n) is 4.15. The molecule has 0 saturated carbocycles. The van der Waals surface area contributed by atoms with E-state index in [-0.39, 0.29) is 11.8 Å². The highest BCUT2D eigenvalue weighted by Gasteiger charge is 2.32. The highest BCUT2D eigenvalue weighted by atomic mass is 35.5. The number of fused-ring (bicyclic) bond motifs is 1. The summed E-state index contributed by atoms with van der Waals surface area (Å²) in [5.41, 5.74) is 0.771. The normalized spacial score (nSPS) is 22.0. The zero-order valence-electron chi connectivity index (χ0n) is 16.0. The summed E-state index contributed by atoms with van der Waals surface area (Å²) in [5.74, 6) is 1.08. The van der Waals surface area contributed by atoms with E-state index in [0.29, 0.717) is 17.6 Å². The van der Waals surface area contributed by atoms with Gasteiger partial charge in [-0.3, -0.25) is 14.1 Å². The molecule has 0 aliphatic carbocycles. The van der Waals surface area contributed by atoms with Gasteiger partial charge in [-0.2, -0.15) is 0 Å². The number of hydrogen-bond acceptors (Lipinski definition) is 5. The molecular formula is C19H27ClN6O. The summed E-state index contributed by atoms with van der Waals surface area (Å²) in [4.78, 5) is 19.7. The van der Waals surface area contributed by atoms with E-state index in [4.69, 9.17) is 11.6 Å². The van der Waals surface area contributed by atoms with Crippen LogP contribution in [0.5, 0.6) is 0 Å². The summed E-state index contributed by atoms with van der Waals surface area (Å²) in [5, 5.41) is 9.22. The number of pyridine rings is 1. The molecule has 0 aromatic carbocycles. The fraction of sp³-hybridized carbons (Fsp3) is 0.632. The lowest BCUT2D eigenvalue weighted by Gasteiger charge is -2.40. The van der Waals surface area contributed by atoms with E-state index < -0.39 is 0 Å². The van der Waals surface area contributed by atoms with Gasteiger partial charge in [-0.25, -0.2) is 0 Å². The minimum Gasteiger partial charge on any atom is -0.340 e. The van der Waals surface area contributed by atoms with Crippen LogP contribution in [0, 0.1) is 5.92 Å². The summed E-state index contributed by atoms with van der Waals surface area (Å²) in [6.45, 7) is 9.60. The number of piperidine rings is 1. The van der Waals surface area contributed by atoms with Gasteiger partial charge in [0.15, 0.2) is 5.65 Å². The molecule has 27 heavy (non-hydrogen) atoms. The Labute approximate surface area is 164 Å². The van der Waals surface area contributed by atoms with Crippen LogP contribution < -0.4 is 4.90 Å². The third kappa shape index (κ3) is 3.75. The van der Waals surface area contributed by atoms with Gasteiger partial charge in [0.05, 0.1) is 10.9 Å². The molecule has 2 fully saturated rings. The number of rotatable bonds is 3. The lowest BCUT2D eigenvalue weighted by molar-refractivity contribution is -0.137. The topological polar surface area (TPSA) is 57.0 Å². The van der Waals surface area contributed by atoms with Gasteiger partial charge in [0.25, 0.3) is 0 Å². The number of halogens is 1. The predicted octanol–water partition coefficient (Wildman–Crippen LogP) is 2.15. The maximum absolute atomic E-state index is 13.1. The smallest absolute Gasteiger partial charge is 0.231 e. The molecule has 7 nitrogen and oxygen atoms in total. The van der Waals surface area contributed by atoms with E-state index in [1.807, 2.05) is 27.6 Å². The van der Waals surface area contributed by atoms with Crippen LogP contribution in [-0.4, -0.2) is 75.6 Å². The van der Waals surface area contributed by atoms with Crippen LogP contribution in [0.2, 0.25) is 5.02 Å². The number of carbonyl (C=O) groups excluding carboxylic acids is 1. The summed E-state index contributed by atoms with van der Waals surface area (Å²) >= 11 is 6.14. The zero-order chi connectivity index (χ0) is 19.0. The van der Waals surface area contributed by atoms with Crippen molar-refractivity contribution in [1.82, 2.24) is 24.4 Å². The van der Waals surface area contributed by atoms with Gasteiger partial charge in [-0.15, -0.1) is 10.2 Å². The van der Waals surface area contributed by atoms with Crippen LogP contribution in [0.3, 0.4) is 0 Å². The largest absolute Gasteiger partial charge is 0.340 e. The van der Waals surface area contributed by atoms with Crippen LogP contribution in [0.15, 0.2) is 18.3 Å². The molecule has 0 N–H and O–H groups in total. The Bertz CT molecular complexity index is 814. The van der Waals surface area contributed by atoms with Gasteiger partial charge in [0.2, 0.25) is 11.9 Å². The summed E-state index contributed by atoms with van der Waals surface area (Å²) in [7, 11) is 0. The second-order valence-corrected chi connectivity index (χ2v) is 8.25. The van der Waals surface area contributed by atoms with E-state index in [1.165, 1.54) is 0 Å². The first kappa shape index (κ1) is 18.5. The molecule has 4 heterocycles. The Hall–Kier alpha value is -1.86. The van der Waals surface area contributed by atoms with Crippen molar-refractivity contribution < 1.29 is 4.79 Å². The van der Waals surface area contributed by atoms with Gasteiger partial charge in [-0.05, 0) is 38.8 Å². The van der Waals surface area contributed by atoms with E-state index >= 15 is 0 Å². The average molecular weight is 391 g/mol. The second-order valence-electron chi connectivity index (χ2n) is 7.82. The average Bonchev–Trinajstić information content (AvgIpc) is 3.10. The number of nitrogens with zero attached hydrogens (tertiary/aromatic N) is 6. The predicted molar refractivity (Wildman–Crippen MR) is 106 cm³/mol. The Morgan fingerprint density at radius 3 is 2.67 bits per heavy atom. The third-order valence-corrected chi connectivity index (χ3v) is 5.98. The Morgan fingerprint density at radius 2 is 1.93 bits per heavy atom. The van der Waals surface area contributed by atoms with Crippen molar-refractivity contribution in [3.8, 4) is 0 Å². The Balaban J connectivity index is 1.45. The van der Waals surface area contributed by atoms with Crippen LogP contribution >= 0.6 is 11.6 Å². The van der Waals surface area contributed by atoms with Gasteiger partial charge >= 0.3 is 0 Å². The first-order chi connectivity index (χ1) is 13.0. The molecule has 0 bridgehead atoms. The van der Waals surface area contributed by atoms with Crippen molar-refractivity contribution in [3.05, 3.63) is 23.4 Å². The van der Waals surface area contributed by atoms with Gasteiger partial charge < -0.3 is 9.80 Å². The molecule has 2 aliphatic heterocycles. The number of hydrogen-bond donors (Lipinski definition) is 0. The number of piperazine rings is 1. The minimum atomic E-state index is 0.0240. The molecule has 4 rings (SSSR count). The van der Waals surface area contributed by atoms with Crippen LogP contribution in [0.4, 0.5) is 5.95 Å². The minimum absolute atomic E-state index is 0.0240. The van der Waals surface area contributed by atoms with Crippen LogP contribution in [0.25, 0.3) is 5.65 Å². The molecule has 2 aromatic rings. The molecule has 146 valence electrons. The van der Waals surface area contributed by atoms with Crippen molar-refractivity contribution in [2.24, 2.45) is 5.92 Å². The molecule has 0 spiro atoms. The number of anilines is 1. The molecule has 0 radical (unpaired) electrons. The summed E-state index contributed by atoms with van der Waals surface area (Å²) in [6, 6.07) is 4.22. The maximum Gasteiger partial charge on any atom is 0.231 e. The molecule has 0 unspecified atom stereocenters. The third-order valence-electron chi connectivity index (χ3n) is 5.76. The van der Waals surface area contributed by atoms with Crippen molar-refractivity contribution in [2.45, 2.75) is 32.7 Å². The zero-order valence-corrected chi connectivity index (χ0v) is 16.8. The summed E-state index contributed by atoms with van der Waals surface area (Å²) in [6.07, 6.45) is 3.76. The molecule has 1 atom stereocenters. The van der Waals surface area contributed by atoms with E-state index in [9.17, 15) is 4.79 Å². The molecule has 2 saturated heterocycles. The first-order valence-corrected chi connectivity index (χ1v) is 10.2. The molecular weight excluding hydrogens is 364 g/mol. The number of amides is 1. The number of carbonyl (C=O) groups is 1. The molecule has 1 amide bonds. The number of aromatic nitrogens is 3. The summed E-state index contributed by atoms with van der Waals surface area (Å²) < 4.78 is 1.91. The molecule has 2 aliphatic rings. The monoisotopic (exact) mass is 390 g/mol. The van der Waals surface area contributed by atoms with E-state index in [1.54, 1.807) is 0 Å². The van der Waals surface area contributed by atoms with Crippen molar-refractivity contribution >= 4 is 29.1 Å². The van der Waals surface area contributed by atoms with Crippen LogP contribution in [-0.2, 0) is 4.79 Å². The molecule has 8 heteroatoms. The van der Waals surface area contributed by atoms with Crippen molar-refractivity contribution in [2.75, 3.05) is 44.2 Å². The van der Waals surface area contributed by atoms with Gasteiger partial charge in [0.1, 0.15) is 0 Å². The molecule has 2 aromatic heterocycles. The van der Waals surface area contributed by atoms with Crippen LogP contribution in [0.1, 0.15) is 26.7 Å². The lowest BCUT2D eigenvalue weighted by atomic mass is 9.96. The highest BCUT2D eigenvalue weighted by Crippen LogP contribution is 2.25. The second kappa shape index (κ2) is 7.64. The highest BCUT2D eigenvalue weighted by molar-refractivity contribution is 6.30. The Morgan fingerprint density at radius 1 is 1.15 bits per heavy atom.